The molecule has 3 heteroatoms. The molecule has 0 N–H and O–H groups in total. The summed E-state index contributed by atoms with van der Waals surface area (Å²) in [6, 6.07) is 0. The van der Waals surface area contributed by atoms with Crippen molar-refractivity contribution in [2.45, 2.75) is 46.5 Å². The van der Waals surface area contributed by atoms with Gasteiger partial charge in [0, 0.05) is 12.0 Å². The Morgan fingerprint density at radius 3 is 2.76 bits per heavy atom. The summed E-state index contributed by atoms with van der Waals surface area (Å²) in [7, 11) is 0. The number of Topliss-reactive ketones (excluding diaryl/α,β-unsaturated/α-hetero) is 1. The maximum Gasteiger partial charge on any atom is 0.316 e. The number of carbonyl (C=O) groups excluding carboxylic acids is 2. The number of ketones is 1. The first kappa shape index (κ1) is 12.3. The van der Waals surface area contributed by atoms with Crippen LogP contribution in [0.2, 0.25) is 0 Å². The molecule has 0 saturated heterocycles. The van der Waals surface area contributed by atoms with E-state index in [1.807, 2.05) is 13.8 Å². The van der Waals surface area contributed by atoms with Gasteiger partial charge in [0.2, 0.25) is 0 Å². The summed E-state index contributed by atoms with van der Waals surface area (Å²) >= 11 is 0. The first-order valence-electron chi connectivity index (χ1n) is 6.44. The minimum Gasteiger partial charge on any atom is -0.465 e. The van der Waals surface area contributed by atoms with Crippen LogP contribution < -0.4 is 0 Å². The lowest BCUT2D eigenvalue weighted by Crippen LogP contribution is -2.42. The maximum absolute atomic E-state index is 12.2. The predicted octanol–water partition coefficient (Wildman–Crippen LogP) is 2.65. The van der Waals surface area contributed by atoms with Gasteiger partial charge in [0.05, 0.1) is 12.0 Å². The molecule has 0 radical (unpaired) electrons. The van der Waals surface area contributed by atoms with Gasteiger partial charge in [-0.3, -0.25) is 9.59 Å². The standard InChI is InChI=1S/C14H20O3/c1-4-17-13(16)14(3)9(2)5-6-10-7-8-11(15)12(10)14/h9H,4-8H2,1-3H3/t9-,14+/m0/s1. The van der Waals surface area contributed by atoms with Crippen molar-refractivity contribution in [3.63, 3.8) is 0 Å². The molecule has 0 spiro atoms. The van der Waals surface area contributed by atoms with E-state index >= 15 is 0 Å². The molecule has 0 bridgehead atoms. The van der Waals surface area contributed by atoms with Crippen molar-refractivity contribution in [2.24, 2.45) is 11.3 Å². The number of ether oxygens (including phenoxy) is 1. The molecular weight excluding hydrogens is 216 g/mol. The summed E-state index contributed by atoms with van der Waals surface area (Å²) in [6.07, 6.45) is 3.36. The molecule has 2 atom stereocenters. The summed E-state index contributed by atoms with van der Waals surface area (Å²) in [5, 5.41) is 0. The highest BCUT2D eigenvalue weighted by atomic mass is 16.5. The SMILES string of the molecule is CCOC(=O)[C@@]1(C)C2=C(CCC2=O)CC[C@@H]1C. The Morgan fingerprint density at radius 1 is 1.41 bits per heavy atom. The fraction of sp³-hybridized carbons (Fsp3) is 0.714. The molecule has 0 aromatic carbocycles. The van der Waals surface area contributed by atoms with Crippen LogP contribution >= 0.6 is 0 Å². The number of carbonyl (C=O) groups is 2. The molecule has 2 aliphatic rings. The first-order valence-corrected chi connectivity index (χ1v) is 6.44. The summed E-state index contributed by atoms with van der Waals surface area (Å²) in [6.45, 7) is 6.11. The first-order chi connectivity index (χ1) is 8.01. The zero-order valence-corrected chi connectivity index (χ0v) is 10.8. The molecule has 3 nitrogen and oxygen atoms in total. The molecule has 0 amide bonds. The van der Waals surface area contributed by atoms with E-state index in [0.29, 0.717) is 13.0 Å². The van der Waals surface area contributed by atoms with Gasteiger partial charge in [-0.1, -0.05) is 12.5 Å². The molecule has 2 aliphatic carbocycles. The van der Waals surface area contributed by atoms with Gasteiger partial charge in [0.1, 0.15) is 0 Å². The molecule has 2 rings (SSSR count). The van der Waals surface area contributed by atoms with Crippen molar-refractivity contribution in [3.05, 3.63) is 11.1 Å². The van der Waals surface area contributed by atoms with Gasteiger partial charge in [-0.2, -0.15) is 0 Å². The highest BCUT2D eigenvalue weighted by Crippen LogP contribution is 2.50. The monoisotopic (exact) mass is 236 g/mol. The molecule has 0 unspecified atom stereocenters. The zero-order valence-electron chi connectivity index (χ0n) is 10.8. The van der Waals surface area contributed by atoms with Crippen molar-refractivity contribution in [2.75, 3.05) is 6.61 Å². The van der Waals surface area contributed by atoms with Crippen molar-refractivity contribution in [1.82, 2.24) is 0 Å². The van der Waals surface area contributed by atoms with Crippen LogP contribution in [-0.2, 0) is 14.3 Å². The van der Waals surface area contributed by atoms with Crippen molar-refractivity contribution in [1.29, 1.82) is 0 Å². The van der Waals surface area contributed by atoms with Crippen molar-refractivity contribution in [3.8, 4) is 0 Å². The van der Waals surface area contributed by atoms with Crippen LogP contribution in [0, 0.1) is 11.3 Å². The van der Waals surface area contributed by atoms with Gasteiger partial charge in [-0.25, -0.2) is 0 Å². The van der Waals surface area contributed by atoms with E-state index in [-0.39, 0.29) is 17.7 Å². The minimum atomic E-state index is -0.711. The Balaban J connectivity index is 2.44. The topological polar surface area (TPSA) is 43.4 Å². The van der Waals surface area contributed by atoms with Crippen LogP contribution in [0.1, 0.15) is 46.5 Å². The molecule has 0 saturated carbocycles. The number of hydrogen-bond donors (Lipinski definition) is 0. The lowest BCUT2D eigenvalue weighted by Gasteiger charge is -2.38. The number of rotatable bonds is 2. The smallest absolute Gasteiger partial charge is 0.316 e. The normalized spacial score (nSPS) is 32.6. The predicted molar refractivity (Wildman–Crippen MR) is 64.4 cm³/mol. The van der Waals surface area contributed by atoms with Gasteiger partial charge in [0.15, 0.2) is 5.78 Å². The Hall–Kier alpha value is -1.12. The van der Waals surface area contributed by atoms with Gasteiger partial charge in [0.25, 0.3) is 0 Å². The van der Waals surface area contributed by atoms with E-state index in [4.69, 9.17) is 4.74 Å². The van der Waals surface area contributed by atoms with Gasteiger partial charge >= 0.3 is 5.97 Å². The molecule has 0 fully saturated rings. The van der Waals surface area contributed by atoms with Gasteiger partial charge < -0.3 is 4.74 Å². The molecule has 0 aromatic heterocycles. The average Bonchev–Trinajstić information content (AvgIpc) is 2.67. The Kier molecular flexibility index (Phi) is 3.11. The fourth-order valence-electron chi connectivity index (χ4n) is 3.13. The van der Waals surface area contributed by atoms with E-state index in [0.717, 1.165) is 24.8 Å². The van der Waals surface area contributed by atoms with Gasteiger partial charge in [-0.15, -0.1) is 0 Å². The molecule has 94 valence electrons. The third kappa shape index (κ3) is 1.72. The molecule has 0 heterocycles. The third-order valence-electron chi connectivity index (χ3n) is 4.37. The molecule has 0 aromatic rings. The summed E-state index contributed by atoms with van der Waals surface area (Å²) < 4.78 is 5.19. The quantitative estimate of drug-likeness (QED) is 0.692. The van der Waals surface area contributed by atoms with E-state index < -0.39 is 5.41 Å². The third-order valence-corrected chi connectivity index (χ3v) is 4.37. The van der Waals surface area contributed by atoms with Crippen molar-refractivity contribution < 1.29 is 14.3 Å². The lowest BCUT2D eigenvalue weighted by molar-refractivity contribution is -0.156. The van der Waals surface area contributed by atoms with Crippen LogP contribution in [0.4, 0.5) is 0 Å². The van der Waals surface area contributed by atoms with Crippen molar-refractivity contribution >= 4 is 11.8 Å². The number of allylic oxidation sites excluding steroid dienone is 1. The highest BCUT2D eigenvalue weighted by molar-refractivity contribution is 6.05. The van der Waals surface area contributed by atoms with Gasteiger partial charge in [-0.05, 0) is 39.0 Å². The van der Waals surface area contributed by atoms with Crippen LogP contribution in [-0.4, -0.2) is 18.4 Å². The van der Waals surface area contributed by atoms with E-state index in [2.05, 4.69) is 0 Å². The Bertz CT molecular complexity index is 394. The fourth-order valence-corrected chi connectivity index (χ4v) is 3.13. The highest BCUT2D eigenvalue weighted by Gasteiger charge is 2.50. The second-order valence-corrected chi connectivity index (χ2v) is 5.26. The minimum absolute atomic E-state index is 0.155. The Morgan fingerprint density at radius 2 is 2.12 bits per heavy atom. The largest absolute Gasteiger partial charge is 0.465 e. The zero-order chi connectivity index (χ0) is 12.6. The average molecular weight is 236 g/mol. The van der Waals surface area contributed by atoms with E-state index in [1.165, 1.54) is 5.57 Å². The van der Waals surface area contributed by atoms with Crippen LogP contribution in [0.25, 0.3) is 0 Å². The van der Waals surface area contributed by atoms with Crippen LogP contribution in [0.3, 0.4) is 0 Å². The van der Waals surface area contributed by atoms with Crippen LogP contribution in [0.15, 0.2) is 11.1 Å². The maximum atomic E-state index is 12.2. The van der Waals surface area contributed by atoms with Crippen LogP contribution in [0.5, 0.6) is 0 Å². The summed E-state index contributed by atoms with van der Waals surface area (Å²) in [5.41, 5.74) is 1.26. The molecular formula is C14H20O3. The second kappa shape index (κ2) is 4.28. The summed E-state index contributed by atoms with van der Waals surface area (Å²) in [4.78, 5) is 24.2. The number of hydrogen-bond acceptors (Lipinski definition) is 3. The van der Waals surface area contributed by atoms with E-state index in [1.54, 1.807) is 6.92 Å². The Labute approximate surface area is 102 Å². The molecule has 0 aliphatic heterocycles. The number of esters is 1. The molecule has 17 heavy (non-hydrogen) atoms. The lowest BCUT2D eigenvalue weighted by atomic mass is 9.65. The van der Waals surface area contributed by atoms with E-state index in [9.17, 15) is 9.59 Å². The summed E-state index contributed by atoms with van der Waals surface area (Å²) in [5.74, 6) is 0.111. The second-order valence-electron chi connectivity index (χ2n) is 5.26.